The molecule has 28 heavy (non-hydrogen) atoms. The Morgan fingerprint density at radius 1 is 1.00 bits per heavy atom. The number of ether oxygens (including phenoxy) is 2. The molecule has 5 nitrogen and oxygen atoms in total. The van der Waals surface area contributed by atoms with E-state index < -0.39 is 0 Å². The molecule has 1 amide bonds. The van der Waals surface area contributed by atoms with Gasteiger partial charge in [0.05, 0.1) is 25.3 Å². The maximum absolute atomic E-state index is 12.9. The highest BCUT2D eigenvalue weighted by Crippen LogP contribution is 2.27. The maximum Gasteiger partial charge on any atom is 0.252 e. The number of hydrogen-bond acceptors (Lipinski definition) is 4. The number of hydrogen-bond donors (Lipinski definition) is 1. The number of methoxy groups -OCH3 is 2. The molecule has 0 fully saturated rings. The van der Waals surface area contributed by atoms with E-state index in [9.17, 15) is 4.79 Å². The molecule has 0 saturated heterocycles. The van der Waals surface area contributed by atoms with E-state index in [1.54, 1.807) is 14.2 Å². The molecular formula is C23H26N2O3. The monoisotopic (exact) mass is 378 g/mol. The normalized spacial score (nSPS) is 10.8. The molecule has 0 aliphatic carbocycles. The molecule has 1 N–H and O–H groups in total. The summed E-state index contributed by atoms with van der Waals surface area (Å²) in [5, 5.41) is 3.93. The zero-order valence-corrected chi connectivity index (χ0v) is 17.1. The zero-order valence-electron chi connectivity index (χ0n) is 17.1. The Kier molecular flexibility index (Phi) is 5.83. The first-order chi connectivity index (χ1) is 13.4. The van der Waals surface area contributed by atoms with Crippen LogP contribution in [-0.2, 0) is 6.42 Å². The number of fused-ring (bicyclic) bond motifs is 1. The summed E-state index contributed by atoms with van der Waals surface area (Å²) in [6.45, 7) is 6.51. The van der Waals surface area contributed by atoms with Crippen molar-refractivity contribution in [2.75, 3.05) is 20.8 Å². The standard InChI is InChI=1S/C23H26N2O3/c1-14-10-15(2)22-18(11-14)19(12-16(3)25-22)23(26)24-9-8-17-6-7-20(27-4)21(13-17)28-5/h6-7,10-13H,8-9H2,1-5H3,(H,24,26). The number of aromatic nitrogens is 1. The lowest BCUT2D eigenvalue weighted by Gasteiger charge is -2.12. The van der Waals surface area contributed by atoms with Gasteiger partial charge >= 0.3 is 0 Å². The van der Waals surface area contributed by atoms with E-state index in [0.717, 1.165) is 33.3 Å². The summed E-state index contributed by atoms with van der Waals surface area (Å²) in [6, 6.07) is 11.8. The van der Waals surface area contributed by atoms with Crippen molar-refractivity contribution in [1.82, 2.24) is 10.3 Å². The molecule has 146 valence electrons. The number of pyridine rings is 1. The van der Waals surface area contributed by atoms with Crippen LogP contribution in [0, 0.1) is 20.8 Å². The van der Waals surface area contributed by atoms with Crippen LogP contribution in [0.3, 0.4) is 0 Å². The van der Waals surface area contributed by atoms with Crippen LogP contribution in [0.1, 0.15) is 32.7 Å². The molecule has 0 spiro atoms. The Hall–Kier alpha value is -3.08. The maximum atomic E-state index is 12.9. The fourth-order valence-corrected chi connectivity index (χ4v) is 3.45. The molecule has 0 bridgehead atoms. The summed E-state index contributed by atoms with van der Waals surface area (Å²) in [6.07, 6.45) is 0.701. The second kappa shape index (κ2) is 8.30. The number of rotatable bonds is 6. The van der Waals surface area contributed by atoms with Gasteiger partial charge in [-0.15, -0.1) is 0 Å². The molecule has 3 rings (SSSR count). The Balaban J connectivity index is 1.77. The SMILES string of the molecule is COc1ccc(CCNC(=O)c2cc(C)nc3c(C)cc(C)cc23)cc1OC. The van der Waals surface area contributed by atoms with E-state index in [4.69, 9.17) is 9.47 Å². The number of carbonyl (C=O) groups is 1. The highest BCUT2D eigenvalue weighted by atomic mass is 16.5. The van der Waals surface area contributed by atoms with Gasteiger partial charge in [-0.3, -0.25) is 9.78 Å². The summed E-state index contributed by atoms with van der Waals surface area (Å²) < 4.78 is 10.6. The van der Waals surface area contributed by atoms with Gasteiger partial charge in [0.15, 0.2) is 11.5 Å². The number of carbonyl (C=O) groups excluding carboxylic acids is 1. The lowest BCUT2D eigenvalue weighted by Crippen LogP contribution is -2.26. The first-order valence-electron chi connectivity index (χ1n) is 9.30. The summed E-state index contributed by atoms with van der Waals surface area (Å²) in [7, 11) is 3.23. The average Bonchev–Trinajstić information content (AvgIpc) is 2.67. The summed E-state index contributed by atoms with van der Waals surface area (Å²) in [5.41, 5.74) is 5.66. The van der Waals surface area contributed by atoms with E-state index in [0.29, 0.717) is 30.0 Å². The van der Waals surface area contributed by atoms with Crippen LogP contribution in [0.4, 0.5) is 0 Å². The van der Waals surface area contributed by atoms with Gasteiger partial charge in [-0.1, -0.05) is 17.7 Å². The Morgan fingerprint density at radius 3 is 2.46 bits per heavy atom. The van der Waals surface area contributed by atoms with Crippen molar-refractivity contribution in [3.63, 3.8) is 0 Å². The average molecular weight is 378 g/mol. The summed E-state index contributed by atoms with van der Waals surface area (Å²) in [4.78, 5) is 17.5. The molecule has 3 aromatic rings. The van der Waals surface area contributed by atoms with Crippen LogP contribution in [0.5, 0.6) is 11.5 Å². The topological polar surface area (TPSA) is 60.5 Å². The van der Waals surface area contributed by atoms with E-state index in [1.165, 1.54) is 0 Å². The first kappa shape index (κ1) is 19.7. The third-order valence-electron chi connectivity index (χ3n) is 4.77. The molecule has 0 saturated carbocycles. The fraction of sp³-hybridized carbons (Fsp3) is 0.304. The number of amides is 1. The van der Waals surface area contributed by atoms with Gasteiger partial charge in [0.2, 0.25) is 0 Å². The summed E-state index contributed by atoms with van der Waals surface area (Å²) in [5.74, 6) is 1.30. The number of aryl methyl sites for hydroxylation is 3. The Morgan fingerprint density at radius 2 is 1.75 bits per heavy atom. The third-order valence-corrected chi connectivity index (χ3v) is 4.77. The van der Waals surface area contributed by atoms with Gasteiger partial charge in [0.25, 0.3) is 5.91 Å². The van der Waals surface area contributed by atoms with E-state index in [-0.39, 0.29) is 5.91 Å². The van der Waals surface area contributed by atoms with Crippen molar-refractivity contribution in [2.45, 2.75) is 27.2 Å². The number of benzene rings is 2. The number of nitrogens with zero attached hydrogens (tertiary/aromatic N) is 1. The van der Waals surface area contributed by atoms with Crippen LogP contribution < -0.4 is 14.8 Å². The van der Waals surface area contributed by atoms with Gasteiger partial charge in [-0.2, -0.15) is 0 Å². The predicted octanol–water partition coefficient (Wildman–Crippen LogP) is 4.15. The Labute approximate surface area is 165 Å². The molecule has 5 heteroatoms. The molecule has 0 unspecified atom stereocenters. The van der Waals surface area contributed by atoms with Crippen LogP contribution in [0.15, 0.2) is 36.4 Å². The molecule has 0 atom stereocenters. The van der Waals surface area contributed by atoms with Crippen LogP contribution in [0.25, 0.3) is 10.9 Å². The first-order valence-corrected chi connectivity index (χ1v) is 9.30. The minimum absolute atomic E-state index is 0.0824. The fourth-order valence-electron chi connectivity index (χ4n) is 3.45. The van der Waals surface area contributed by atoms with Gasteiger partial charge in [-0.05, 0) is 62.6 Å². The second-order valence-electron chi connectivity index (χ2n) is 6.98. The van der Waals surface area contributed by atoms with Crippen molar-refractivity contribution in [2.24, 2.45) is 0 Å². The predicted molar refractivity (Wildman–Crippen MR) is 112 cm³/mol. The van der Waals surface area contributed by atoms with Gasteiger partial charge in [0.1, 0.15) is 0 Å². The lowest BCUT2D eigenvalue weighted by molar-refractivity contribution is 0.0955. The molecular weight excluding hydrogens is 352 g/mol. The third kappa shape index (κ3) is 4.09. The van der Waals surface area contributed by atoms with E-state index in [2.05, 4.69) is 16.4 Å². The highest BCUT2D eigenvalue weighted by molar-refractivity contribution is 6.07. The van der Waals surface area contributed by atoms with Crippen LogP contribution in [0.2, 0.25) is 0 Å². The smallest absolute Gasteiger partial charge is 0.252 e. The number of nitrogens with one attached hydrogen (secondary N) is 1. The molecule has 2 aromatic carbocycles. The minimum Gasteiger partial charge on any atom is -0.493 e. The quantitative estimate of drug-likeness (QED) is 0.700. The highest BCUT2D eigenvalue weighted by Gasteiger charge is 2.14. The Bertz CT molecular complexity index is 1030. The van der Waals surface area contributed by atoms with Crippen molar-refractivity contribution in [1.29, 1.82) is 0 Å². The lowest BCUT2D eigenvalue weighted by atomic mass is 10.0. The minimum atomic E-state index is -0.0824. The second-order valence-corrected chi connectivity index (χ2v) is 6.98. The van der Waals surface area contributed by atoms with Gasteiger partial charge in [0, 0.05) is 17.6 Å². The van der Waals surface area contributed by atoms with Crippen LogP contribution in [-0.4, -0.2) is 31.7 Å². The molecule has 1 heterocycles. The van der Waals surface area contributed by atoms with Crippen LogP contribution >= 0.6 is 0 Å². The van der Waals surface area contributed by atoms with Crippen molar-refractivity contribution in [3.05, 3.63) is 64.3 Å². The van der Waals surface area contributed by atoms with E-state index >= 15 is 0 Å². The van der Waals surface area contributed by atoms with Gasteiger partial charge < -0.3 is 14.8 Å². The van der Waals surface area contributed by atoms with Crippen molar-refractivity contribution >= 4 is 16.8 Å². The summed E-state index contributed by atoms with van der Waals surface area (Å²) >= 11 is 0. The molecule has 0 aliphatic rings. The van der Waals surface area contributed by atoms with Gasteiger partial charge in [-0.25, -0.2) is 0 Å². The zero-order chi connectivity index (χ0) is 20.3. The molecule has 1 aromatic heterocycles. The van der Waals surface area contributed by atoms with Crippen molar-refractivity contribution < 1.29 is 14.3 Å². The van der Waals surface area contributed by atoms with Crippen molar-refractivity contribution in [3.8, 4) is 11.5 Å². The largest absolute Gasteiger partial charge is 0.493 e. The molecule has 0 radical (unpaired) electrons. The molecule has 0 aliphatic heterocycles. The van der Waals surface area contributed by atoms with E-state index in [1.807, 2.05) is 51.1 Å².